The molecule has 0 radical (unpaired) electrons. The minimum atomic E-state index is -0.449. The van der Waals surface area contributed by atoms with E-state index in [2.05, 4.69) is 22.4 Å². The van der Waals surface area contributed by atoms with Crippen molar-refractivity contribution in [1.82, 2.24) is 10.7 Å². The second-order valence-electron chi connectivity index (χ2n) is 5.32. The van der Waals surface area contributed by atoms with E-state index in [0.717, 1.165) is 0 Å². The number of hydrazone groups is 1. The largest absolute Gasteiger partial charge is 0.463 e. The average molecular weight is 418 g/mol. The van der Waals surface area contributed by atoms with Crippen molar-refractivity contribution in [3.05, 3.63) is 83.0 Å². The molecule has 0 aromatic carbocycles. The van der Waals surface area contributed by atoms with Crippen LogP contribution in [-0.2, 0) is 9.59 Å². The van der Waals surface area contributed by atoms with Crippen LogP contribution in [0.15, 0.2) is 86.7 Å². The van der Waals surface area contributed by atoms with Gasteiger partial charge in [-0.3, -0.25) is 9.59 Å². The van der Waals surface area contributed by atoms with Gasteiger partial charge in [0, 0.05) is 21.9 Å². The Morgan fingerprint density at radius 1 is 1.21 bits per heavy atom. The molecule has 2 amide bonds. The number of hydrogen-bond donors (Lipinski definition) is 2. The Bertz CT molecular complexity index is 829. The number of furan rings is 1. The lowest BCUT2D eigenvalue weighted by atomic mass is 10.2. The summed E-state index contributed by atoms with van der Waals surface area (Å²) >= 11 is 6.00. The van der Waals surface area contributed by atoms with E-state index in [-0.39, 0.29) is 11.5 Å². The standard InChI is InChI=1S/C20H22ClN3O3.C2H6/c1-5-8-18(21)15(4)19(25)23-14(3)10-11-16(6-2)20(26)24-22-13-17-9-7-12-27-17;1-2/h5-13H,2H2,1,3-4H3,(H,23,25)(H,24,26);1-2H3/b8-5-,14-10+,16-11+,18-15-,22-13+;. The first-order chi connectivity index (χ1) is 13.9. The summed E-state index contributed by atoms with van der Waals surface area (Å²) < 4.78 is 5.07. The molecule has 0 saturated carbocycles. The molecule has 1 heterocycles. The van der Waals surface area contributed by atoms with Crippen LogP contribution in [0, 0.1) is 0 Å². The van der Waals surface area contributed by atoms with Crippen LogP contribution >= 0.6 is 11.6 Å². The topological polar surface area (TPSA) is 83.7 Å². The van der Waals surface area contributed by atoms with E-state index < -0.39 is 5.91 Å². The van der Waals surface area contributed by atoms with Crippen LogP contribution in [0.5, 0.6) is 0 Å². The molecule has 0 atom stereocenters. The predicted molar refractivity (Wildman–Crippen MR) is 119 cm³/mol. The number of rotatable bonds is 8. The Balaban J connectivity index is 0.00000379. The summed E-state index contributed by atoms with van der Waals surface area (Å²) in [5.74, 6) is -0.263. The SMILES string of the molecule is C=C/C(=C\C=C(/C)NC(=O)/C(C)=C(Cl)/C=C\C)C(=O)N/N=C/c1ccco1.CC. The van der Waals surface area contributed by atoms with Gasteiger partial charge in [-0.15, -0.1) is 0 Å². The molecule has 0 aliphatic heterocycles. The molecule has 7 heteroatoms. The molecule has 156 valence electrons. The van der Waals surface area contributed by atoms with Gasteiger partial charge in [-0.1, -0.05) is 44.2 Å². The van der Waals surface area contributed by atoms with Gasteiger partial charge in [0.2, 0.25) is 0 Å². The fourth-order valence-corrected chi connectivity index (χ4v) is 1.94. The Kier molecular flexibility index (Phi) is 13.3. The molecule has 0 unspecified atom stereocenters. The number of carbonyl (C=O) groups is 2. The predicted octanol–water partition coefficient (Wildman–Crippen LogP) is 4.98. The Hall–Kier alpha value is -3.12. The van der Waals surface area contributed by atoms with Crippen molar-refractivity contribution in [2.75, 3.05) is 0 Å². The van der Waals surface area contributed by atoms with Gasteiger partial charge < -0.3 is 9.73 Å². The summed E-state index contributed by atoms with van der Waals surface area (Å²) in [5.41, 5.74) is 3.57. The first kappa shape index (κ1) is 25.9. The van der Waals surface area contributed by atoms with Crippen LogP contribution in [0.4, 0.5) is 0 Å². The van der Waals surface area contributed by atoms with Crippen LogP contribution in [0.3, 0.4) is 0 Å². The molecular formula is C22H28ClN3O3. The summed E-state index contributed by atoms with van der Waals surface area (Å²) in [7, 11) is 0. The van der Waals surface area contributed by atoms with E-state index in [1.807, 2.05) is 20.8 Å². The quantitative estimate of drug-likeness (QED) is 0.271. The maximum absolute atomic E-state index is 12.1. The number of halogens is 1. The molecule has 1 rings (SSSR count). The molecule has 0 spiro atoms. The molecule has 0 aliphatic carbocycles. The summed E-state index contributed by atoms with van der Waals surface area (Å²) in [6.45, 7) is 12.7. The zero-order valence-corrected chi connectivity index (χ0v) is 18.2. The molecule has 1 aromatic rings. The summed E-state index contributed by atoms with van der Waals surface area (Å²) in [4.78, 5) is 24.2. The minimum absolute atomic E-state index is 0.277. The summed E-state index contributed by atoms with van der Waals surface area (Å²) in [6, 6.07) is 3.41. The van der Waals surface area contributed by atoms with Crippen LogP contribution in [0.25, 0.3) is 0 Å². The molecule has 0 saturated heterocycles. The summed E-state index contributed by atoms with van der Waals surface area (Å²) in [5, 5.41) is 6.85. The second-order valence-corrected chi connectivity index (χ2v) is 5.72. The highest BCUT2D eigenvalue weighted by atomic mass is 35.5. The average Bonchev–Trinajstić information content (AvgIpc) is 3.23. The highest BCUT2D eigenvalue weighted by molar-refractivity contribution is 6.33. The van der Waals surface area contributed by atoms with Gasteiger partial charge in [0.1, 0.15) is 5.76 Å². The fourth-order valence-electron chi connectivity index (χ4n) is 1.73. The van der Waals surface area contributed by atoms with Gasteiger partial charge in [0.25, 0.3) is 11.8 Å². The van der Waals surface area contributed by atoms with E-state index in [1.54, 1.807) is 44.2 Å². The molecule has 0 aliphatic rings. The lowest BCUT2D eigenvalue weighted by molar-refractivity contribution is -0.117. The molecule has 29 heavy (non-hydrogen) atoms. The summed E-state index contributed by atoms with van der Waals surface area (Å²) in [6.07, 6.45) is 10.8. The monoisotopic (exact) mass is 417 g/mol. The Morgan fingerprint density at radius 3 is 2.45 bits per heavy atom. The number of nitrogens with zero attached hydrogens (tertiary/aromatic N) is 1. The zero-order chi connectivity index (χ0) is 22.2. The van der Waals surface area contributed by atoms with E-state index in [1.165, 1.54) is 24.6 Å². The van der Waals surface area contributed by atoms with Crippen molar-refractivity contribution in [2.45, 2.75) is 34.6 Å². The van der Waals surface area contributed by atoms with Crippen LogP contribution in [-0.4, -0.2) is 18.0 Å². The third-order valence-electron chi connectivity index (χ3n) is 3.22. The lowest BCUT2D eigenvalue weighted by Gasteiger charge is -2.06. The second kappa shape index (κ2) is 14.9. The number of hydrogen-bond acceptors (Lipinski definition) is 4. The third kappa shape index (κ3) is 10.1. The zero-order valence-electron chi connectivity index (χ0n) is 17.5. The van der Waals surface area contributed by atoms with Gasteiger partial charge in [-0.05, 0) is 51.1 Å². The minimum Gasteiger partial charge on any atom is -0.463 e. The molecule has 0 bridgehead atoms. The van der Waals surface area contributed by atoms with E-state index in [9.17, 15) is 9.59 Å². The number of carbonyl (C=O) groups excluding carboxylic acids is 2. The lowest BCUT2D eigenvalue weighted by Crippen LogP contribution is -2.22. The van der Waals surface area contributed by atoms with Crippen molar-refractivity contribution in [3.8, 4) is 0 Å². The van der Waals surface area contributed by atoms with Crippen LogP contribution < -0.4 is 10.7 Å². The van der Waals surface area contributed by atoms with Crippen molar-refractivity contribution in [3.63, 3.8) is 0 Å². The normalized spacial score (nSPS) is 12.9. The first-order valence-corrected chi connectivity index (χ1v) is 9.45. The van der Waals surface area contributed by atoms with Crippen molar-refractivity contribution < 1.29 is 14.0 Å². The Labute approximate surface area is 177 Å². The maximum Gasteiger partial charge on any atom is 0.271 e. The third-order valence-corrected chi connectivity index (χ3v) is 3.63. The molecular weight excluding hydrogens is 390 g/mol. The smallest absolute Gasteiger partial charge is 0.271 e. The van der Waals surface area contributed by atoms with Gasteiger partial charge >= 0.3 is 0 Å². The molecule has 1 aromatic heterocycles. The number of nitrogens with one attached hydrogen (secondary N) is 2. The van der Waals surface area contributed by atoms with Gasteiger partial charge in [-0.25, -0.2) is 5.43 Å². The van der Waals surface area contributed by atoms with Crippen molar-refractivity contribution in [1.29, 1.82) is 0 Å². The number of amides is 2. The van der Waals surface area contributed by atoms with Gasteiger partial charge in [0.15, 0.2) is 0 Å². The van der Waals surface area contributed by atoms with Crippen molar-refractivity contribution >= 4 is 29.6 Å². The molecule has 6 nitrogen and oxygen atoms in total. The first-order valence-electron chi connectivity index (χ1n) is 9.07. The maximum atomic E-state index is 12.1. The molecule has 0 fully saturated rings. The highest BCUT2D eigenvalue weighted by Gasteiger charge is 2.08. The van der Waals surface area contributed by atoms with E-state index in [0.29, 0.717) is 22.1 Å². The van der Waals surface area contributed by atoms with Gasteiger partial charge in [0.05, 0.1) is 12.5 Å². The highest BCUT2D eigenvalue weighted by Crippen LogP contribution is 2.11. The van der Waals surface area contributed by atoms with Gasteiger partial charge in [-0.2, -0.15) is 5.10 Å². The van der Waals surface area contributed by atoms with E-state index in [4.69, 9.17) is 16.0 Å². The Morgan fingerprint density at radius 2 is 1.90 bits per heavy atom. The fraction of sp³-hybridized carbons (Fsp3) is 0.227. The molecule has 2 N–H and O–H groups in total. The van der Waals surface area contributed by atoms with Crippen molar-refractivity contribution in [2.24, 2.45) is 5.10 Å². The van der Waals surface area contributed by atoms with Crippen LogP contribution in [0.1, 0.15) is 40.4 Å². The number of allylic oxidation sites excluding steroid dienone is 6. The van der Waals surface area contributed by atoms with E-state index >= 15 is 0 Å². The van der Waals surface area contributed by atoms with Crippen LogP contribution in [0.2, 0.25) is 0 Å².